The molecule has 0 saturated heterocycles. The Labute approximate surface area is 85.9 Å². The van der Waals surface area contributed by atoms with Crippen molar-refractivity contribution in [3.63, 3.8) is 0 Å². The van der Waals surface area contributed by atoms with Gasteiger partial charge in [-0.1, -0.05) is 27.0 Å². The molecular weight excluding hydrogens is 176 g/mol. The molecule has 0 saturated carbocycles. The fourth-order valence-electron chi connectivity index (χ4n) is 1.22. The predicted molar refractivity (Wildman–Crippen MR) is 57.7 cm³/mol. The van der Waals surface area contributed by atoms with Crippen LogP contribution in [0, 0.1) is 5.92 Å². The summed E-state index contributed by atoms with van der Waals surface area (Å²) in [6.45, 7) is 13.3. The minimum atomic E-state index is 0.363. The van der Waals surface area contributed by atoms with Crippen LogP contribution in [0.1, 0.15) is 20.3 Å². The Bertz CT molecular complexity index is 261. The molecule has 0 aliphatic carbocycles. The van der Waals surface area contributed by atoms with Gasteiger partial charge in [-0.2, -0.15) is 0 Å². The van der Waals surface area contributed by atoms with Crippen LogP contribution in [0.15, 0.2) is 36.3 Å². The summed E-state index contributed by atoms with van der Waals surface area (Å²) in [6.07, 6.45) is 2.60. The van der Waals surface area contributed by atoms with Crippen LogP contribution >= 0.6 is 0 Å². The minimum Gasteiger partial charge on any atom is -0.490 e. The number of ether oxygens (including phenoxy) is 2. The molecule has 1 heterocycles. The van der Waals surface area contributed by atoms with Gasteiger partial charge in [-0.25, -0.2) is 0 Å². The van der Waals surface area contributed by atoms with Gasteiger partial charge in [0.2, 0.25) is 0 Å². The molecule has 1 aliphatic heterocycles. The number of rotatable bonds is 3. The van der Waals surface area contributed by atoms with Crippen LogP contribution in [0.25, 0.3) is 0 Å². The molecule has 1 aliphatic rings. The lowest BCUT2D eigenvalue weighted by Crippen LogP contribution is -2.03. The van der Waals surface area contributed by atoms with E-state index in [1.807, 2.05) is 0 Å². The van der Waals surface area contributed by atoms with Gasteiger partial charge in [0.15, 0.2) is 11.5 Å². The van der Waals surface area contributed by atoms with Crippen LogP contribution in [0.2, 0.25) is 0 Å². The Morgan fingerprint density at radius 3 is 2.57 bits per heavy atom. The normalized spacial score (nSPS) is 17.1. The fourth-order valence-corrected chi connectivity index (χ4v) is 1.22. The van der Waals surface area contributed by atoms with Gasteiger partial charge in [0.25, 0.3) is 0 Å². The standard InChI is InChI=1S/C12H18O2/c1-5-11-12(10(4)9(2)3)14-8-6-7-13-11/h5,9H,1,4,6-8H2,2-3H3. The van der Waals surface area contributed by atoms with Crippen LogP contribution in [0.3, 0.4) is 0 Å². The topological polar surface area (TPSA) is 18.5 Å². The van der Waals surface area contributed by atoms with Crippen LogP contribution in [0.4, 0.5) is 0 Å². The van der Waals surface area contributed by atoms with Crippen molar-refractivity contribution in [2.24, 2.45) is 5.92 Å². The zero-order valence-corrected chi connectivity index (χ0v) is 9.01. The molecule has 0 aromatic carbocycles. The summed E-state index contributed by atoms with van der Waals surface area (Å²) in [5, 5.41) is 0. The third kappa shape index (κ3) is 2.41. The van der Waals surface area contributed by atoms with Crippen molar-refractivity contribution in [2.75, 3.05) is 13.2 Å². The highest BCUT2D eigenvalue weighted by Crippen LogP contribution is 2.25. The van der Waals surface area contributed by atoms with Gasteiger partial charge in [-0.3, -0.25) is 0 Å². The van der Waals surface area contributed by atoms with Crippen molar-refractivity contribution in [2.45, 2.75) is 20.3 Å². The van der Waals surface area contributed by atoms with Gasteiger partial charge in [-0.15, -0.1) is 0 Å². The van der Waals surface area contributed by atoms with Gasteiger partial charge in [0.05, 0.1) is 13.2 Å². The average Bonchev–Trinajstić information content (AvgIpc) is 2.40. The first-order valence-electron chi connectivity index (χ1n) is 4.98. The number of hydrogen-bond donors (Lipinski definition) is 0. The Kier molecular flexibility index (Phi) is 3.81. The van der Waals surface area contributed by atoms with E-state index in [2.05, 4.69) is 27.0 Å². The monoisotopic (exact) mass is 194 g/mol. The zero-order chi connectivity index (χ0) is 10.6. The molecule has 0 unspecified atom stereocenters. The maximum atomic E-state index is 5.61. The van der Waals surface area contributed by atoms with Crippen molar-refractivity contribution >= 4 is 0 Å². The Balaban J connectivity index is 2.92. The maximum absolute atomic E-state index is 5.61. The summed E-state index contributed by atoms with van der Waals surface area (Å²) >= 11 is 0. The molecule has 0 radical (unpaired) electrons. The first-order valence-corrected chi connectivity index (χ1v) is 4.98. The van der Waals surface area contributed by atoms with E-state index in [1.54, 1.807) is 6.08 Å². The van der Waals surface area contributed by atoms with E-state index < -0.39 is 0 Å². The quantitative estimate of drug-likeness (QED) is 0.687. The molecule has 0 aromatic rings. The summed E-state index contributed by atoms with van der Waals surface area (Å²) in [6, 6.07) is 0. The summed E-state index contributed by atoms with van der Waals surface area (Å²) < 4.78 is 11.1. The second-order valence-corrected chi connectivity index (χ2v) is 3.63. The van der Waals surface area contributed by atoms with E-state index in [9.17, 15) is 0 Å². The number of hydrogen-bond acceptors (Lipinski definition) is 2. The SMILES string of the molecule is C=CC1=C(C(=C)C(C)C)OCCCO1. The van der Waals surface area contributed by atoms with Gasteiger partial charge in [-0.05, 0) is 17.6 Å². The molecular formula is C12H18O2. The van der Waals surface area contributed by atoms with E-state index >= 15 is 0 Å². The molecule has 0 spiro atoms. The highest BCUT2D eigenvalue weighted by atomic mass is 16.5. The summed E-state index contributed by atoms with van der Waals surface area (Å²) in [5.74, 6) is 1.86. The van der Waals surface area contributed by atoms with E-state index in [-0.39, 0.29) is 0 Å². The molecule has 0 amide bonds. The predicted octanol–water partition coefficient (Wildman–Crippen LogP) is 3.03. The van der Waals surface area contributed by atoms with E-state index in [4.69, 9.17) is 9.47 Å². The van der Waals surface area contributed by atoms with Crippen LogP contribution in [-0.2, 0) is 9.47 Å². The molecule has 0 N–H and O–H groups in total. The van der Waals surface area contributed by atoms with Crippen LogP contribution in [0.5, 0.6) is 0 Å². The second-order valence-electron chi connectivity index (χ2n) is 3.63. The van der Waals surface area contributed by atoms with Crippen molar-refractivity contribution in [3.8, 4) is 0 Å². The largest absolute Gasteiger partial charge is 0.490 e. The highest BCUT2D eigenvalue weighted by molar-refractivity contribution is 5.31. The smallest absolute Gasteiger partial charge is 0.163 e. The minimum absolute atomic E-state index is 0.363. The second kappa shape index (κ2) is 4.89. The Hall–Kier alpha value is -1.18. The summed E-state index contributed by atoms with van der Waals surface area (Å²) in [4.78, 5) is 0. The molecule has 1 rings (SSSR count). The molecule has 14 heavy (non-hydrogen) atoms. The van der Waals surface area contributed by atoms with Gasteiger partial charge >= 0.3 is 0 Å². The lowest BCUT2D eigenvalue weighted by molar-refractivity contribution is 0.211. The molecule has 0 fully saturated rings. The third-order valence-corrected chi connectivity index (χ3v) is 2.19. The third-order valence-electron chi connectivity index (χ3n) is 2.19. The molecule has 2 nitrogen and oxygen atoms in total. The molecule has 0 bridgehead atoms. The summed E-state index contributed by atoms with van der Waals surface area (Å²) in [7, 11) is 0. The first-order chi connectivity index (χ1) is 6.66. The Morgan fingerprint density at radius 1 is 1.36 bits per heavy atom. The highest BCUT2D eigenvalue weighted by Gasteiger charge is 2.16. The molecule has 78 valence electrons. The lowest BCUT2D eigenvalue weighted by atomic mass is 10.0. The van der Waals surface area contributed by atoms with E-state index in [0.29, 0.717) is 19.1 Å². The van der Waals surface area contributed by atoms with Crippen LogP contribution < -0.4 is 0 Å². The first kappa shape index (κ1) is 10.9. The van der Waals surface area contributed by atoms with Crippen molar-refractivity contribution in [3.05, 3.63) is 36.3 Å². The molecule has 0 atom stereocenters. The van der Waals surface area contributed by atoms with Crippen molar-refractivity contribution in [1.82, 2.24) is 0 Å². The van der Waals surface area contributed by atoms with Crippen molar-refractivity contribution < 1.29 is 9.47 Å². The maximum Gasteiger partial charge on any atom is 0.163 e. The molecule has 2 heteroatoms. The Morgan fingerprint density at radius 2 is 2.00 bits per heavy atom. The summed E-state index contributed by atoms with van der Waals surface area (Å²) in [5.41, 5.74) is 0.974. The van der Waals surface area contributed by atoms with Gasteiger partial charge in [0, 0.05) is 6.42 Å². The van der Waals surface area contributed by atoms with E-state index in [0.717, 1.165) is 23.5 Å². The van der Waals surface area contributed by atoms with Crippen molar-refractivity contribution in [1.29, 1.82) is 0 Å². The van der Waals surface area contributed by atoms with Crippen LogP contribution in [-0.4, -0.2) is 13.2 Å². The van der Waals surface area contributed by atoms with E-state index in [1.165, 1.54) is 0 Å². The zero-order valence-electron chi connectivity index (χ0n) is 9.01. The average molecular weight is 194 g/mol. The fraction of sp³-hybridized carbons (Fsp3) is 0.500. The van der Waals surface area contributed by atoms with Gasteiger partial charge in [0.1, 0.15) is 0 Å². The van der Waals surface area contributed by atoms with Gasteiger partial charge < -0.3 is 9.47 Å². The molecule has 0 aromatic heterocycles. The lowest BCUT2D eigenvalue weighted by Gasteiger charge is -2.15. The number of allylic oxidation sites excluding steroid dienone is 2.